The molecular weight excluding hydrogens is 813 g/mol. The van der Waals surface area contributed by atoms with Gasteiger partial charge < -0.3 is 40.0 Å². The van der Waals surface area contributed by atoms with E-state index in [9.17, 15) is 24.0 Å². The molecule has 8 rings (SSSR count). The van der Waals surface area contributed by atoms with Crippen molar-refractivity contribution in [1.29, 1.82) is 0 Å². The number of nitrogens with zero attached hydrogens (tertiary/aromatic N) is 6. The van der Waals surface area contributed by atoms with Crippen molar-refractivity contribution in [2.24, 2.45) is 5.92 Å². The lowest BCUT2D eigenvalue weighted by Gasteiger charge is -2.39. The molecule has 16 heteroatoms. The number of piperidine rings is 2. The molecule has 16 nitrogen and oxygen atoms in total. The largest absolute Gasteiger partial charge is 0.444 e. The van der Waals surface area contributed by atoms with Crippen molar-refractivity contribution in [3.8, 4) is 0 Å². The van der Waals surface area contributed by atoms with Crippen molar-refractivity contribution in [1.82, 2.24) is 45.5 Å². The van der Waals surface area contributed by atoms with Gasteiger partial charge in [0, 0.05) is 93.3 Å². The third-order valence-corrected chi connectivity index (χ3v) is 12.9. The Morgan fingerprint density at radius 2 is 1.52 bits per heavy atom. The Balaban J connectivity index is 0.990. The summed E-state index contributed by atoms with van der Waals surface area (Å²) in [6, 6.07) is 15.3. The molecule has 3 fully saturated rings. The van der Waals surface area contributed by atoms with Crippen LogP contribution in [-0.4, -0.2) is 129 Å². The van der Waals surface area contributed by atoms with E-state index >= 15 is 0 Å². The van der Waals surface area contributed by atoms with Gasteiger partial charge in [-0.3, -0.25) is 24.5 Å². The summed E-state index contributed by atoms with van der Waals surface area (Å²) in [5, 5.41) is 15.3. The third kappa shape index (κ3) is 10.5. The summed E-state index contributed by atoms with van der Waals surface area (Å²) in [4.78, 5) is 84.1. The molecule has 2 atom stereocenters. The van der Waals surface area contributed by atoms with E-state index < -0.39 is 23.6 Å². The number of pyridine rings is 2. The molecule has 1 unspecified atom stereocenters. The number of para-hydroxylation sites is 1. The zero-order valence-corrected chi connectivity index (χ0v) is 37.3. The van der Waals surface area contributed by atoms with E-state index in [1.165, 1.54) is 0 Å². The number of H-pyrrole nitrogens is 2. The topological polar surface area (TPSA) is 189 Å². The maximum Gasteiger partial charge on any atom is 0.410 e. The van der Waals surface area contributed by atoms with Crippen molar-refractivity contribution in [3.05, 3.63) is 100 Å². The van der Waals surface area contributed by atoms with Gasteiger partial charge in [0.05, 0.1) is 11.7 Å². The molecule has 3 saturated heterocycles. The number of anilines is 1. The van der Waals surface area contributed by atoms with Gasteiger partial charge in [-0.25, -0.2) is 9.59 Å². The van der Waals surface area contributed by atoms with Crippen molar-refractivity contribution < 1.29 is 23.9 Å². The first kappa shape index (κ1) is 44.2. The zero-order chi connectivity index (χ0) is 45.0. The van der Waals surface area contributed by atoms with Gasteiger partial charge in [0.25, 0.3) is 5.56 Å². The number of carbonyl (C=O) groups excluding carboxylic acids is 4. The number of urea groups is 1. The van der Waals surface area contributed by atoms with Gasteiger partial charge in [0.15, 0.2) is 0 Å². The number of aromatic amines is 2. The van der Waals surface area contributed by atoms with E-state index in [4.69, 9.17) is 4.74 Å². The van der Waals surface area contributed by atoms with Gasteiger partial charge in [-0.2, -0.15) is 5.10 Å². The van der Waals surface area contributed by atoms with Gasteiger partial charge in [-0.05, 0) is 118 Å². The molecule has 3 aliphatic rings. The normalized spacial score (nSPS) is 17.6. The number of hydrogen-bond donors (Lipinski definition) is 4. The fourth-order valence-corrected chi connectivity index (χ4v) is 9.44. The molecule has 3 aliphatic heterocycles. The number of likely N-dealkylation sites (tertiary alicyclic amines) is 2. The first-order valence-corrected chi connectivity index (χ1v) is 22.6. The molecule has 5 amide bonds. The quantitative estimate of drug-likeness (QED) is 0.141. The van der Waals surface area contributed by atoms with Gasteiger partial charge in [0.1, 0.15) is 17.7 Å². The predicted octanol–water partition coefficient (Wildman–Crippen LogP) is 5.48. The van der Waals surface area contributed by atoms with Gasteiger partial charge >= 0.3 is 12.1 Å². The van der Waals surface area contributed by atoms with Gasteiger partial charge in [-0.1, -0.05) is 24.3 Å². The van der Waals surface area contributed by atoms with Crippen molar-refractivity contribution in [2.75, 3.05) is 57.3 Å². The molecule has 0 spiro atoms. The number of piperazine rings is 1. The Morgan fingerprint density at radius 1 is 0.812 bits per heavy atom. The molecule has 0 bridgehead atoms. The fraction of sp³-hybridized carbons (Fsp3) is 0.479. The molecule has 6 heterocycles. The molecule has 5 aromatic rings. The number of aryl methyl sites for hydroxylation is 1. The highest BCUT2D eigenvalue weighted by molar-refractivity contribution is 5.92. The van der Waals surface area contributed by atoms with Crippen LogP contribution in [0.3, 0.4) is 0 Å². The number of fused-ring (bicyclic) bond motifs is 2. The van der Waals surface area contributed by atoms with E-state index in [0.29, 0.717) is 90.0 Å². The highest BCUT2D eigenvalue weighted by Gasteiger charge is 2.36. The molecule has 4 N–H and O–H groups in total. The van der Waals surface area contributed by atoms with Crippen LogP contribution in [0.15, 0.2) is 78.0 Å². The summed E-state index contributed by atoms with van der Waals surface area (Å²) in [7, 11) is 0. The second kappa shape index (κ2) is 19.1. The molecule has 0 aliphatic carbocycles. The lowest BCUT2D eigenvalue weighted by molar-refractivity contribution is -0.137. The number of nitrogens with one attached hydrogen (secondary N) is 4. The van der Waals surface area contributed by atoms with E-state index in [1.807, 2.05) is 87.2 Å². The number of carbonyl (C=O) groups is 4. The minimum Gasteiger partial charge on any atom is -0.444 e. The van der Waals surface area contributed by atoms with Crippen LogP contribution in [0.25, 0.3) is 21.8 Å². The second-order valence-corrected chi connectivity index (χ2v) is 18.6. The van der Waals surface area contributed by atoms with E-state index in [0.717, 1.165) is 38.6 Å². The number of hydrogen-bond acceptors (Lipinski definition) is 9. The molecule has 0 saturated carbocycles. The number of amides is 5. The minimum atomic E-state index is -1.01. The fourth-order valence-electron chi connectivity index (χ4n) is 9.44. The van der Waals surface area contributed by atoms with Crippen LogP contribution >= 0.6 is 0 Å². The Kier molecular flexibility index (Phi) is 13.2. The maximum absolute atomic E-state index is 14.7. The lowest BCUT2D eigenvalue weighted by Crippen LogP contribution is -2.59. The van der Waals surface area contributed by atoms with Crippen molar-refractivity contribution >= 4 is 51.4 Å². The number of aromatic nitrogens is 4. The van der Waals surface area contributed by atoms with E-state index in [2.05, 4.69) is 35.7 Å². The van der Waals surface area contributed by atoms with E-state index in [1.54, 1.807) is 28.4 Å². The van der Waals surface area contributed by atoms with Crippen LogP contribution in [0.4, 0.5) is 15.3 Å². The van der Waals surface area contributed by atoms with Crippen LogP contribution in [0, 0.1) is 12.8 Å². The number of rotatable bonds is 10. The van der Waals surface area contributed by atoms with Crippen LogP contribution < -0.4 is 21.1 Å². The van der Waals surface area contributed by atoms with Crippen LogP contribution in [0.5, 0.6) is 0 Å². The van der Waals surface area contributed by atoms with Crippen molar-refractivity contribution in [2.45, 2.75) is 89.8 Å². The average Bonchev–Trinajstić information content (AvgIpc) is 3.78. The number of ether oxygens (including phenoxy) is 1. The monoisotopic (exact) mass is 872 g/mol. The Labute approximate surface area is 373 Å². The van der Waals surface area contributed by atoms with Crippen LogP contribution in [0.2, 0.25) is 0 Å². The summed E-state index contributed by atoms with van der Waals surface area (Å²) in [5.41, 5.74) is 4.51. The molecule has 0 radical (unpaired) electrons. The second-order valence-electron chi connectivity index (χ2n) is 18.6. The van der Waals surface area contributed by atoms with Gasteiger partial charge in [0.2, 0.25) is 11.8 Å². The Hall–Kier alpha value is -6.45. The minimum absolute atomic E-state index is 0.0181. The van der Waals surface area contributed by atoms with Crippen molar-refractivity contribution in [3.63, 3.8) is 0 Å². The predicted molar refractivity (Wildman–Crippen MR) is 245 cm³/mol. The Morgan fingerprint density at radius 3 is 2.23 bits per heavy atom. The summed E-state index contributed by atoms with van der Waals surface area (Å²) >= 11 is 0. The average molecular weight is 873 g/mol. The number of benzene rings is 2. The first-order valence-electron chi connectivity index (χ1n) is 22.6. The summed E-state index contributed by atoms with van der Waals surface area (Å²) < 4.78 is 5.63. The Bertz CT molecular complexity index is 2510. The summed E-state index contributed by atoms with van der Waals surface area (Å²) in [6.45, 7) is 11.5. The third-order valence-electron chi connectivity index (χ3n) is 12.9. The molecule has 64 heavy (non-hydrogen) atoms. The highest BCUT2D eigenvalue weighted by atomic mass is 16.6. The lowest BCUT2D eigenvalue weighted by atomic mass is 9.89. The summed E-state index contributed by atoms with van der Waals surface area (Å²) in [6.07, 6.45) is 7.97. The van der Waals surface area contributed by atoms with Crippen LogP contribution in [0.1, 0.15) is 75.5 Å². The first-order chi connectivity index (χ1) is 30.8. The molecule has 3 aromatic heterocycles. The summed E-state index contributed by atoms with van der Waals surface area (Å²) in [5.74, 6) is -0.573. The van der Waals surface area contributed by atoms with Gasteiger partial charge in [-0.15, -0.1) is 0 Å². The smallest absolute Gasteiger partial charge is 0.410 e. The van der Waals surface area contributed by atoms with Crippen LogP contribution in [-0.2, 0) is 20.7 Å². The standard InChI is InChI=1S/C48H60N10O6/c1-31-25-33(26-36-30-50-54-42(31)36)28-40(53-46(62)57-19-13-34(14-20-57)38-29-35-7-5-6-8-39(35)51-43(38)59)44(60)52-41(27-32-11-17-58(18-12-32)47(63)64-48(2,3)4)45(61)56-23-21-55(22-24-56)37-9-15-49-16-10-37/h5-10,15-16,25-26,29-30,32,34,40-41H,11-14,17-24,27-28H2,1-4H3,(H,50,54)(H,51,59)(H,52,60)(H,53,62)/t40?,41-/m0/s1. The SMILES string of the molecule is Cc1cc(CC(NC(=O)N2CCC(c3cc4ccccc4[nH]c3=O)CC2)C(=O)N[C@@H](CC2CCN(C(=O)OC(C)(C)C)CC2)C(=O)N2CCN(c3ccncc3)CC2)cc2cn[nH]c12. The molecule has 338 valence electrons. The molecule has 2 aromatic carbocycles. The zero-order valence-electron chi connectivity index (χ0n) is 37.3. The maximum atomic E-state index is 14.7. The molecular formula is C48H60N10O6. The van der Waals surface area contributed by atoms with E-state index in [-0.39, 0.29) is 41.8 Å². The highest BCUT2D eigenvalue weighted by Crippen LogP contribution is 2.29.